The monoisotopic (exact) mass is 258 g/mol. The number of methoxy groups -OCH3 is 1. The van der Waals surface area contributed by atoms with Crippen LogP contribution in [0.25, 0.3) is 0 Å². The highest BCUT2D eigenvalue weighted by Crippen LogP contribution is 2.04. The first kappa shape index (κ1) is 17.2. The van der Waals surface area contributed by atoms with Crippen LogP contribution >= 0.6 is 0 Å². The molecule has 0 amide bonds. The molecule has 0 aliphatic heterocycles. The van der Waals surface area contributed by atoms with Crippen LogP contribution in [0.5, 0.6) is 0 Å². The van der Waals surface area contributed by atoms with E-state index >= 15 is 0 Å². The van der Waals surface area contributed by atoms with Crippen molar-refractivity contribution in [3.63, 3.8) is 0 Å². The van der Waals surface area contributed by atoms with Gasteiger partial charge in [0.1, 0.15) is 0 Å². The lowest BCUT2D eigenvalue weighted by molar-refractivity contribution is 0.179. The van der Waals surface area contributed by atoms with Gasteiger partial charge in [-0.05, 0) is 13.3 Å². The third-order valence-corrected chi connectivity index (χ3v) is 2.72. The fourth-order valence-electron chi connectivity index (χ4n) is 1.74. The van der Waals surface area contributed by atoms with Gasteiger partial charge >= 0.3 is 0 Å². The molecule has 0 aromatic heterocycles. The van der Waals surface area contributed by atoms with Gasteiger partial charge in [-0.2, -0.15) is 0 Å². The molecule has 0 aliphatic rings. The number of guanidine groups is 1. The lowest BCUT2D eigenvalue weighted by Gasteiger charge is -2.15. The van der Waals surface area contributed by atoms with Gasteiger partial charge in [-0.1, -0.05) is 39.0 Å². The average molecular weight is 258 g/mol. The summed E-state index contributed by atoms with van der Waals surface area (Å²) < 4.78 is 5.04. The van der Waals surface area contributed by atoms with Gasteiger partial charge in [-0.3, -0.25) is 10.4 Å². The summed E-state index contributed by atoms with van der Waals surface area (Å²) in [4.78, 5) is 4.40. The molecule has 0 fully saturated rings. The Morgan fingerprint density at radius 1 is 1.22 bits per heavy atom. The zero-order chi connectivity index (χ0) is 13.6. The first-order valence-electron chi connectivity index (χ1n) is 7.01. The summed E-state index contributed by atoms with van der Waals surface area (Å²) in [6.45, 7) is 5.72. The quantitative estimate of drug-likeness (QED) is 0.184. The molecule has 5 heteroatoms. The Bertz CT molecular complexity index is 209. The van der Waals surface area contributed by atoms with Gasteiger partial charge in [0.15, 0.2) is 0 Å². The van der Waals surface area contributed by atoms with E-state index in [2.05, 4.69) is 22.7 Å². The van der Waals surface area contributed by atoms with Crippen molar-refractivity contribution in [2.75, 3.05) is 20.3 Å². The molecule has 0 bridgehead atoms. The van der Waals surface area contributed by atoms with Crippen molar-refractivity contribution in [3.8, 4) is 0 Å². The van der Waals surface area contributed by atoms with Crippen molar-refractivity contribution >= 4 is 5.96 Å². The normalized spacial score (nSPS) is 13.4. The molecule has 0 heterocycles. The Morgan fingerprint density at radius 2 is 1.89 bits per heavy atom. The Morgan fingerprint density at radius 3 is 2.50 bits per heavy atom. The maximum absolute atomic E-state index is 5.41. The molecular weight excluding hydrogens is 228 g/mol. The molecule has 108 valence electrons. The van der Waals surface area contributed by atoms with E-state index in [9.17, 15) is 0 Å². The topological polar surface area (TPSA) is 71.7 Å². The second-order valence-electron chi connectivity index (χ2n) is 4.64. The number of hydrazine groups is 1. The molecule has 4 N–H and O–H groups in total. The predicted molar refractivity (Wildman–Crippen MR) is 77.5 cm³/mol. The molecular formula is C13H30N4O. The Hall–Kier alpha value is -0.810. The SMILES string of the molecule is CCCCCCCCN=C(NN)NC(C)COC. The molecule has 5 nitrogen and oxygen atoms in total. The van der Waals surface area contributed by atoms with Crippen LogP contribution in [-0.4, -0.2) is 32.3 Å². The molecule has 1 atom stereocenters. The summed E-state index contributed by atoms with van der Waals surface area (Å²) in [6.07, 6.45) is 7.65. The van der Waals surface area contributed by atoms with Crippen molar-refractivity contribution < 1.29 is 4.74 Å². The summed E-state index contributed by atoms with van der Waals surface area (Å²) in [5.74, 6) is 6.06. The number of aliphatic imine (C=N–C) groups is 1. The molecule has 18 heavy (non-hydrogen) atoms. The van der Waals surface area contributed by atoms with Gasteiger partial charge in [0, 0.05) is 19.7 Å². The van der Waals surface area contributed by atoms with Gasteiger partial charge in [0.05, 0.1) is 6.61 Å². The van der Waals surface area contributed by atoms with Crippen LogP contribution in [0.15, 0.2) is 4.99 Å². The Kier molecular flexibility index (Phi) is 12.1. The maximum Gasteiger partial charge on any atom is 0.206 e. The molecule has 0 aliphatic carbocycles. The molecule has 0 saturated heterocycles. The van der Waals surface area contributed by atoms with Gasteiger partial charge in [-0.25, -0.2) is 5.84 Å². The third-order valence-electron chi connectivity index (χ3n) is 2.72. The highest BCUT2D eigenvalue weighted by atomic mass is 16.5. The van der Waals surface area contributed by atoms with Crippen LogP contribution in [0.1, 0.15) is 52.4 Å². The number of nitrogens with one attached hydrogen (secondary N) is 2. The maximum atomic E-state index is 5.41. The summed E-state index contributed by atoms with van der Waals surface area (Å²) >= 11 is 0. The van der Waals surface area contributed by atoms with Crippen LogP contribution in [0.3, 0.4) is 0 Å². The molecule has 0 aromatic rings. The number of ether oxygens (including phenoxy) is 1. The Labute approximate surface area is 112 Å². The van der Waals surface area contributed by atoms with Crippen molar-refractivity contribution in [1.29, 1.82) is 0 Å². The highest BCUT2D eigenvalue weighted by molar-refractivity contribution is 5.79. The van der Waals surface area contributed by atoms with Gasteiger partial charge < -0.3 is 10.1 Å². The number of nitrogens with zero attached hydrogens (tertiary/aromatic N) is 1. The second kappa shape index (κ2) is 12.6. The van der Waals surface area contributed by atoms with Crippen LogP contribution in [-0.2, 0) is 4.74 Å². The first-order valence-corrected chi connectivity index (χ1v) is 7.01. The molecule has 1 unspecified atom stereocenters. The third kappa shape index (κ3) is 10.4. The van der Waals surface area contributed by atoms with E-state index in [0.717, 1.165) is 13.0 Å². The lowest BCUT2D eigenvalue weighted by Crippen LogP contribution is -2.46. The predicted octanol–water partition coefficient (Wildman–Crippen LogP) is 1.79. The van der Waals surface area contributed by atoms with E-state index in [1.165, 1.54) is 32.1 Å². The largest absolute Gasteiger partial charge is 0.383 e. The van der Waals surface area contributed by atoms with E-state index in [1.54, 1.807) is 7.11 Å². The number of rotatable bonds is 10. The lowest BCUT2D eigenvalue weighted by atomic mass is 10.1. The number of hydrogen-bond acceptors (Lipinski definition) is 3. The van der Waals surface area contributed by atoms with E-state index in [0.29, 0.717) is 12.6 Å². The van der Waals surface area contributed by atoms with Crippen molar-refractivity contribution in [1.82, 2.24) is 10.7 Å². The minimum Gasteiger partial charge on any atom is -0.383 e. The summed E-state index contributed by atoms with van der Waals surface area (Å²) in [5, 5.41) is 3.17. The smallest absolute Gasteiger partial charge is 0.206 e. The Balaban J connectivity index is 3.64. The molecule has 0 rings (SSSR count). The average Bonchev–Trinajstić information content (AvgIpc) is 2.36. The van der Waals surface area contributed by atoms with E-state index in [4.69, 9.17) is 10.6 Å². The van der Waals surface area contributed by atoms with Crippen LogP contribution < -0.4 is 16.6 Å². The fourth-order valence-corrected chi connectivity index (χ4v) is 1.74. The molecule has 0 spiro atoms. The number of hydrogen-bond donors (Lipinski definition) is 3. The van der Waals surface area contributed by atoms with E-state index < -0.39 is 0 Å². The highest BCUT2D eigenvalue weighted by Gasteiger charge is 2.02. The minimum absolute atomic E-state index is 0.203. The summed E-state index contributed by atoms with van der Waals surface area (Å²) in [7, 11) is 1.68. The van der Waals surface area contributed by atoms with Crippen molar-refractivity contribution in [3.05, 3.63) is 0 Å². The van der Waals surface area contributed by atoms with Gasteiger partial charge in [0.25, 0.3) is 0 Å². The fraction of sp³-hybridized carbons (Fsp3) is 0.923. The van der Waals surface area contributed by atoms with E-state index in [-0.39, 0.29) is 6.04 Å². The van der Waals surface area contributed by atoms with Crippen LogP contribution in [0.4, 0.5) is 0 Å². The van der Waals surface area contributed by atoms with Crippen LogP contribution in [0.2, 0.25) is 0 Å². The number of unbranched alkanes of at least 4 members (excludes halogenated alkanes) is 5. The van der Waals surface area contributed by atoms with Crippen molar-refractivity contribution in [2.45, 2.75) is 58.4 Å². The summed E-state index contributed by atoms with van der Waals surface area (Å²) in [5.41, 5.74) is 2.59. The zero-order valence-corrected chi connectivity index (χ0v) is 12.2. The zero-order valence-electron chi connectivity index (χ0n) is 12.2. The van der Waals surface area contributed by atoms with Crippen molar-refractivity contribution in [2.24, 2.45) is 10.8 Å². The molecule has 0 saturated carbocycles. The molecule has 0 radical (unpaired) electrons. The number of nitrogens with two attached hydrogens (primary N) is 1. The van der Waals surface area contributed by atoms with Crippen LogP contribution in [0, 0.1) is 0 Å². The first-order chi connectivity index (χ1) is 8.74. The second-order valence-corrected chi connectivity index (χ2v) is 4.64. The minimum atomic E-state index is 0.203. The van der Waals surface area contributed by atoms with Gasteiger partial charge in [-0.15, -0.1) is 0 Å². The molecule has 0 aromatic carbocycles. The standard InChI is InChI=1S/C13H30N4O/c1-4-5-6-7-8-9-10-15-13(17-14)16-12(2)11-18-3/h12H,4-11,14H2,1-3H3,(H2,15,16,17). The van der Waals surface area contributed by atoms with E-state index in [1.807, 2.05) is 6.92 Å². The van der Waals surface area contributed by atoms with Gasteiger partial charge in [0.2, 0.25) is 5.96 Å². The summed E-state index contributed by atoms with van der Waals surface area (Å²) in [6, 6.07) is 0.203.